The molecule has 0 bridgehead atoms. The summed E-state index contributed by atoms with van der Waals surface area (Å²) in [4.78, 5) is 27.5. The summed E-state index contributed by atoms with van der Waals surface area (Å²) < 4.78 is 0. The minimum atomic E-state index is -0.419. The molecule has 5 nitrogen and oxygen atoms in total. The van der Waals surface area contributed by atoms with E-state index >= 15 is 0 Å². The van der Waals surface area contributed by atoms with Crippen molar-refractivity contribution >= 4 is 40.6 Å². The first-order valence-electron chi connectivity index (χ1n) is 7.77. The number of benzene rings is 1. The Hall–Kier alpha value is -2.05. The maximum atomic E-state index is 12.5. The van der Waals surface area contributed by atoms with E-state index in [0.717, 1.165) is 11.3 Å². The van der Waals surface area contributed by atoms with Gasteiger partial charge >= 0.3 is 6.03 Å². The first-order chi connectivity index (χ1) is 11.6. The Morgan fingerprint density at radius 1 is 1.25 bits per heavy atom. The van der Waals surface area contributed by atoms with Crippen LogP contribution in [-0.4, -0.2) is 29.4 Å². The number of hydrogen-bond donors (Lipinski definition) is 2. The lowest BCUT2D eigenvalue weighted by Gasteiger charge is -2.24. The summed E-state index contributed by atoms with van der Waals surface area (Å²) in [5.74, 6) is -0.104. The summed E-state index contributed by atoms with van der Waals surface area (Å²) in [5, 5.41) is 8.32. The van der Waals surface area contributed by atoms with E-state index in [1.165, 1.54) is 0 Å². The van der Waals surface area contributed by atoms with Crippen molar-refractivity contribution in [2.45, 2.75) is 25.4 Å². The van der Waals surface area contributed by atoms with E-state index in [9.17, 15) is 9.59 Å². The number of urea groups is 1. The average Bonchev–Trinajstić information content (AvgIpc) is 3.26. The number of halogens is 1. The molecule has 2 heterocycles. The summed E-state index contributed by atoms with van der Waals surface area (Å²) >= 11 is 7.44. The van der Waals surface area contributed by atoms with Gasteiger partial charge in [-0.25, -0.2) is 4.79 Å². The van der Waals surface area contributed by atoms with E-state index in [-0.39, 0.29) is 11.9 Å². The highest BCUT2D eigenvalue weighted by molar-refractivity contribution is 7.09. The van der Waals surface area contributed by atoms with Crippen LogP contribution in [0.3, 0.4) is 0 Å². The highest BCUT2D eigenvalue weighted by Crippen LogP contribution is 2.20. The second-order valence-electron chi connectivity index (χ2n) is 5.59. The molecule has 2 aromatic rings. The van der Waals surface area contributed by atoms with Crippen molar-refractivity contribution in [3.63, 3.8) is 0 Å². The standard InChI is InChI=1S/C17H18ClN3O2S/c18-12-5-7-13(8-6-12)20-17(23)21-9-1-4-15(21)16(22)19-11-14-3-2-10-24-14/h2-3,5-8,10,15H,1,4,9,11H2,(H,19,22)(H,20,23). The Kier molecular flexibility index (Phi) is 5.37. The van der Waals surface area contributed by atoms with Crippen molar-refractivity contribution < 1.29 is 9.59 Å². The number of rotatable bonds is 4. The van der Waals surface area contributed by atoms with Crippen LogP contribution >= 0.6 is 22.9 Å². The number of hydrogen-bond acceptors (Lipinski definition) is 3. The molecule has 3 amide bonds. The summed E-state index contributed by atoms with van der Waals surface area (Å²) in [7, 11) is 0. The third kappa shape index (κ3) is 4.07. The van der Waals surface area contributed by atoms with E-state index in [0.29, 0.717) is 30.2 Å². The molecule has 0 saturated carbocycles. The lowest BCUT2D eigenvalue weighted by molar-refractivity contribution is -0.124. The fourth-order valence-electron chi connectivity index (χ4n) is 2.72. The van der Waals surface area contributed by atoms with Crippen LogP contribution in [0.25, 0.3) is 0 Å². The van der Waals surface area contributed by atoms with Crippen LogP contribution in [0.5, 0.6) is 0 Å². The smallest absolute Gasteiger partial charge is 0.322 e. The number of nitrogens with zero attached hydrogens (tertiary/aromatic N) is 1. The van der Waals surface area contributed by atoms with Crippen LogP contribution in [0, 0.1) is 0 Å². The van der Waals surface area contributed by atoms with Gasteiger partial charge in [-0.1, -0.05) is 17.7 Å². The fraction of sp³-hybridized carbons (Fsp3) is 0.294. The maximum Gasteiger partial charge on any atom is 0.322 e. The van der Waals surface area contributed by atoms with Crippen molar-refractivity contribution in [2.24, 2.45) is 0 Å². The summed E-state index contributed by atoms with van der Waals surface area (Å²) in [6, 6.07) is 10.2. The summed E-state index contributed by atoms with van der Waals surface area (Å²) in [5.41, 5.74) is 0.661. The quantitative estimate of drug-likeness (QED) is 0.869. The second kappa shape index (κ2) is 7.68. The van der Waals surface area contributed by atoms with Gasteiger partial charge in [0.15, 0.2) is 0 Å². The van der Waals surface area contributed by atoms with E-state index in [1.54, 1.807) is 40.5 Å². The maximum absolute atomic E-state index is 12.5. The third-order valence-electron chi connectivity index (χ3n) is 3.93. The largest absolute Gasteiger partial charge is 0.349 e. The predicted molar refractivity (Wildman–Crippen MR) is 96.4 cm³/mol. The molecule has 0 spiro atoms. The van der Waals surface area contributed by atoms with Crippen LogP contribution < -0.4 is 10.6 Å². The lowest BCUT2D eigenvalue weighted by Crippen LogP contribution is -2.47. The zero-order valence-electron chi connectivity index (χ0n) is 13.0. The molecule has 0 aliphatic carbocycles. The molecule has 1 atom stereocenters. The Morgan fingerprint density at radius 2 is 2.04 bits per heavy atom. The predicted octanol–water partition coefficient (Wildman–Crippen LogP) is 3.71. The third-order valence-corrected chi connectivity index (χ3v) is 5.06. The van der Waals surface area contributed by atoms with Crippen LogP contribution in [0.2, 0.25) is 5.02 Å². The average molecular weight is 364 g/mol. The minimum absolute atomic E-state index is 0.104. The highest BCUT2D eigenvalue weighted by atomic mass is 35.5. The minimum Gasteiger partial charge on any atom is -0.349 e. The molecule has 1 aromatic heterocycles. The number of anilines is 1. The molecule has 1 aliphatic rings. The van der Waals surface area contributed by atoms with Gasteiger partial charge < -0.3 is 15.5 Å². The zero-order valence-corrected chi connectivity index (χ0v) is 14.6. The summed E-state index contributed by atoms with van der Waals surface area (Å²) in [6.45, 7) is 1.08. The molecule has 24 heavy (non-hydrogen) atoms. The highest BCUT2D eigenvalue weighted by Gasteiger charge is 2.34. The number of thiophene rings is 1. The lowest BCUT2D eigenvalue weighted by atomic mass is 10.2. The molecule has 1 fully saturated rings. The van der Waals surface area contributed by atoms with Gasteiger partial charge in [0.1, 0.15) is 6.04 Å². The topological polar surface area (TPSA) is 61.4 Å². The van der Waals surface area contributed by atoms with E-state index in [1.807, 2.05) is 17.5 Å². The molecule has 1 aliphatic heterocycles. The monoisotopic (exact) mass is 363 g/mol. The van der Waals surface area contributed by atoms with Gasteiger partial charge in [0.2, 0.25) is 5.91 Å². The normalized spacial score (nSPS) is 16.9. The summed E-state index contributed by atoms with van der Waals surface area (Å²) in [6.07, 6.45) is 1.51. The Labute approximate surface area is 149 Å². The first kappa shape index (κ1) is 16.8. The van der Waals surface area contributed by atoms with Crippen molar-refractivity contribution in [3.05, 3.63) is 51.7 Å². The molecular formula is C17H18ClN3O2S. The number of nitrogens with one attached hydrogen (secondary N) is 2. The molecule has 1 aromatic carbocycles. The van der Waals surface area contributed by atoms with Crippen molar-refractivity contribution in [1.29, 1.82) is 0 Å². The Bertz CT molecular complexity index is 703. The SMILES string of the molecule is O=C(NCc1cccs1)C1CCCN1C(=O)Nc1ccc(Cl)cc1. The molecular weight excluding hydrogens is 346 g/mol. The number of carbonyl (C=O) groups is 2. The van der Waals surface area contributed by atoms with Crippen molar-refractivity contribution in [3.8, 4) is 0 Å². The van der Waals surface area contributed by atoms with E-state index < -0.39 is 6.04 Å². The van der Waals surface area contributed by atoms with Gasteiger partial charge in [-0.3, -0.25) is 4.79 Å². The van der Waals surface area contributed by atoms with Crippen LogP contribution in [0.1, 0.15) is 17.7 Å². The first-order valence-corrected chi connectivity index (χ1v) is 9.02. The Morgan fingerprint density at radius 3 is 2.75 bits per heavy atom. The molecule has 7 heteroatoms. The number of likely N-dealkylation sites (tertiary alicyclic amines) is 1. The van der Waals surface area contributed by atoms with Crippen LogP contribution in [-0.2, 0) is 11.3 Å². The van der Waals surface area contributed by atoms with Gasteiger partial charge in [-0.2, -0.15) is 0 Å². The molecule has 2 N–H and O–H groups in total. The van der Waals surface area contributed by atoms with Gasteiger partial charge in [-0.15, -0.1) is 11.3 Å². The molecule has 3 rings (SSSR count). The zero-order chi connectivity index (χ0) is 16.9. The second-order valence-corrected chi connectivity index (χ2v) is 7.05. The number of carbonyl (C=O) groups excluding carboxylic acids is 2. The molecule has 126 valence electrons. The van der Waals surface area contributed by atoms with Gasteiger partial charge in [0, 0.05) is 22.1 Å². The van der Waals surface area contributed by atoms with E-state index in [2.05, 4.69) is 10.6 Å². The van der Waals surface area contributed by atoms with Crippen LogP contribution in [0.15, 0.2) is 41.8 Å². The molecule has 1 unspecified atom stereocenters. The fourth-order valence-corrected chi connectivity index (χ4v) is 3.49. The van der Waals surface area contributed by atoms with E-state index in [4.69, 9.17) is 11.6 Å². The van der Waals surface area contributed by atoms with Gasteiger partial charge in [0.25, 0.3) is 0 Å². The number of amides is 3. The van der Waals surface area contributed by atoms with Gasteiger partial charge in [-0.05, 0) is 48.6 Å². The van der Waals surface area contributed by atoms with Gasteiger partial charge in [0.05, 0.1) is 6.54 Å². The molecule has 0 radical (unpaired) electrons. The molecule has 1 saturated heterocycles. The van der Waals surface area contributed by atoms with Crippen molar-refractivity contribution in [2.75, 3.05) is 11.9 Å². The van der Waals surface area contributed by atoms with Crippen LogP contribution in [0.4, 0.5) is 10.5 Å². The van der Waals surface area contributed by atoms with Crippen molar-refractivity contribution in [1.82, 2.24) is 10.2 Å². The Balaban J connectivity index is 1.58.